The summed E-state index contributed by atoms with van der Waals surface area (Å²) in [5.74, 6) is 1.49. The molecule has 0 amide bonds. The van der Waals surface area contributed by atoms with Gasteiger partial charge in [0.05, 0.1) is 29.8 Å². The Morgan fingerprint density at radius 2 is 2.12 bits per heavy atom. The first-order valence-corrected chi connectivity index (χ1v) is 9.64. The molecule has 7 heteroatoms. The minimum atomic E-state index is 0.205. The maximum atomic E-state index is 6.77. The number of aryl methyl sites for hydroxylation is 2. The zero-order valence-electron chi connectivity index (χ0n) is 15.8. The molecule has 0 N–H and O–H groups in total. The van der Waals surface area contributed by atoms with Crippen molar-refractivity contribution in [1.29, 1.82) is 0 Å². The van der Waals surface area contributed by atoms with Gasteiger partial charge in [0.1, 0.15) is 10.7 Å². The van der Waals surface area contributed by atoms with Crippen LogP contribution in [0.1, 0.15) is 49.7 Å². The largest absolute Gasteiger partial charge is 0.348 e. The van der Waals surface area contributed by atoms with Crippen LogP contribution in [0, 0.1) is 19.8 Å². The molecular formula is C19H25ClN6. The van der Waals surface area contributed by atoms with Gasteiger partial charge in [-0.05, 0) is 38.7 Å². The summed E-state index contributed by atoms with van der Waals surface area (Å²) in [4.78, 5) is 7.22. The average molecular weight is 373 g/mol. The number of nitrogens with zero attached hydrogens (tertiary/aromatic N) is 6. The van der Waals surface area contributed by atoms with Crippen molar-refractivity contribution in [3.8, 4) is 0 Å². The molecule has 1 fully saturated rings. The molecule has 0 saturated carbocycles. The molecule has 0 aromatic carbocycles. The van der Waals surface area contributed by atoms with Gasteiger partial charge >= 0.3 is 0 Å². The third-order valence-corrected chi connectivity index (χ3v) is 5.40. The van der Waals surface area contributed by atoms with Crippen LogP contribution in [0.4, 0.5) is 5.82 Å². The highest BCUT2D eigenvalue weighted by Gasteiger charge is 2.33. The summed E-state index contributed by atoms with van der Waals surface area (Å²) in [6, 6.07) is 2.23. The molecule has 26 heavy (non-hydrogen) atoms. The van der Waals surface area contributed by atoms with Crippen molar-refractivity contribution < 1.29 is 0 Å². The predicted molar refractivity (Wildman–Crippen MR) is 104 cm³/mol. The van der Waals surface area contributed by atoms with Gasteiger partial charge in [-0.1, -0.05) is 25.4 Å². The first kappa shape index (κ1) is 17.3. The molecule has 4 rings (SSSR count). The SMILES string of the molecule is Cc1cn2nccc2c(N2CCCC2c2c(C)nn(CC(C)C)c2Cl)n1. The number of hydrogen-bond acceptors (Lipinski definition) is 4. The second kappa shape index (κ2) is 6.58. The van der Waals surface area contributed by atoms with Crippen LogP contribution in [0.3, 0.4) is 0 Å². The third-order valence-electron chi connectivity index (χ3n) is 5.00. The molecule has 0 spiro atoms. The molecule has 3 aromatic rings. The quantitative estimate of drug-likeness (QED) is 0.688. The van der Waals surface area contributed by atoms with Gasteiger partial charge in [0, 0.05) is 18.7 Å². The molecule has 0 radical (unpaired) electrons. The van der Waals surface area contributed by atoms with Crippen molar-refractivity contribution >= 4 is 22.9 Å². The van der Waals surface area contributed by atoms with Crippen molar-refractivity contribution in [2.45, 2.75) is 53.1 Å². The summed E-state index contributed by atoms with van der Waals surface area (Å²) >= 11 is 6.77. The molecule has 3 aromatic heterocycles. The zero-order chi connectivity index (χ0) is 18.4. The fraction of sp³-hybridized carbons (Fsp3) is 0.526. The van der Waals surface area contributed by atoms with E-state index in [2.05, 4.69) is 30.8 Å². The van der Waals surface area contributed by atoms with E-state index in [9.17, 15) is 0 Å². The van der Waals surface area contributed by atoms with Crippen LogP contribution in [0.25, 0.3) is 5.52 Å². The first-order chi connectivity index (χ1) is 12.5. The van der Waals surface area contributed by atoms with Gasteiger partial charge in [-0.15, -0.1) is 0 Å². The number of fused-ring (bicyclic) bond motifs is 1. The Hall–Kier alpha value is -2.08. The van der Waals surface area contributed by atoms with Gasteiger partial charge < -0.3 is 4.90 Å². The highest BCUT2D eigenvalue weighted by Crippen LogP contribution is 2.41. The summed E-state index contributed by atoms with van der Waals surface area (Å²) < 4.78 is 3.86. The maximum Gasteiger partial charge on any atom is 0.155 e. The van der Waals surface area contributed by atoms with Crippen LogP contribution in [-0.2, 0) is 6.54 Å². The standard InChI is InChI=1S/C19H25ClN6/c1-12(2)10-26-18(20)17(14(4)23-26)15-6-5-9-24(15)19-16-7-8-21-25(16)11-13(3)22-19/h7-8,11-12,15H,5-6,9-10H2,1-4H3. The fourth-order valence-corrected chi connectivity index (χ4v) is 4.34. The van der Waals surface area contributed by atoms with E-state index < -0.39 is 0 Å². The predicted octanol–water partition coefficient (Wildman–Crippen LogP) is 4.19. The van der Waals surface area contributed by atoms with Gasteiger partial charge in [0.25, 0.3) is 0 Å². The molecular weight excluding hydrogens is 348 g/mol. The molecule has 1 unspecified atom stereocenters. The van der Waals surface area contributed by atoms with Crippen molar-refractivity contribution in [3.05, 3.63) is 40.6 Å². The summed E-state index contributed by atoms with van der Waals surface area (Å²) in [7, 11) is 0. The van der Waals surface area contributed by atoms with Gasteiger partial charge in [0.2, 0.25) is 0 Å². The number of aromatic nitrogens is 5. The van der Waals surface area contributed by atoms with Crippen molar-refractivity contribution in [2.24, 2.45) is 5.92 Å². The maximum absolute atomic E-state index is 6.77. The molecule has 1 aliphatic heterocycles. The molecule has 6 nitrogen and oxygen atoms in total. The van der Waals surface area contributed by atoms with Crippen LogP contribution < -0.4 is 4.90 Å². The number of anilines is 1. The second-order valence-electron chi connectivity index (χ2n) is 7.58. The van der Waals surface area contributed by atoms with Crippen molar-refractivity contribution in [2.75, 3.05) is 11.4 Å². The first-order valence-electron chi connectivity index (χ1n) is 9.26. The number of rotatable bonds is 4. The van der Waals surface area contributed by atoms with Crippen molar-refractivity contribution in [3.63, 3.8) is 0 Å². The Morgan fingerprint density at radius 3 is 2.88 bits per heavy atom. The molecule has 4 heterocycles. The van der Waals surface area contributed by atoms with E-state index >= 15 is 0 Å². The van der Waals surface area contributed by atoms with E-state index in [1.807, 2.05) is 34.6 Å². The lowest BCUT2D eigenvalue weighted by atomic mass is 10.1. The lowest BCUT2D eigenvalue weighted by molar-refractivity contribution is 0.481. The highest BCUT2D eigenvalue weighted by molar-refractivity contribution is 6.30. The minimum absolute atomic E-state index is 0.205. The molecule has 0 bridgehead atoms. The summed E-state index contributed by atoms with van der Waals surface area (Å²) in [6.07, 6.45) is 5.96. The summed E-state index contributed by atoms with van der Waals surface area (Å²) in [5, 5.41) is 9.87. The van der Waals surface area contributed by atoms with E-state index in [1.54, 1.807) is 0 Å². The summed E-state index contributed by atoms with van der Waals surface area (Å²) in [5.41, 5.74) is 4.15. The Labute approximate surface area is 158 Å². The Kier molecular flexibility index (Phi) is 4.39. The Bertz CT molecular complexity index is 941. The van der Waals surface area contributed by atoms with Crippen molar-refractivity contribution in [1.82, 2.24) is 24.4 Å². The highest BCUT2D eigenvalue weighted by atomic mass is 35.5. The van der Waals surface area contributed by atoms with E-state index in [4.69, 9.17) is 21.7 Å². The van der Waals surface area contributed by atoms with Gasteiger partial charge in [-0.3, -0.25) is 4.68 Å². The van der Waals surface area contributed by atoms with Gasteiger partial charge in [-0.2, -0.15) is 10.2 Å². The second-order valence-corrected chi connectivity index (χ2v) is 7.94. The topological polar surface area (TPSA) is 51.2 Å². The number of halogens is 1. The van der Waals surface area contributed by atoms with Crippen LogP contribution in [-0.4, -0.2) is 30.9 Å². The average Bonchev–Trinajstić information content (AvgIpc) is 3.26. The third kappa shape index (κ3) is 2.86. The molecule has 138 valence electrons. The normalized spacial score (nSPS) is 17.8. The Morgan fingerprint density at radius 1 is 1.31 bits per heavy atom. The molecule has 1 aliphatic rings. The lowest BCUT2D eigenvalue weighted by Crippen LogP contribution is -2.25. The van der Waals surface area contributed by atoms with Crippen LogP contribution >= 0.6 is 11.6 Å². The van der Waals surface area contributed by atoms with E-state index in [1.165, 1.54) is 0 Å². The van der Waals surface area contributed by atoms with E-state index in [0.717, 1.165) is 59.4 Å². The molecule has 0 aliphatic carbocycles. The molecule has 1 saturated heterocycles. The van der Waals surface area contributed by atoms with Crippen LogP contribution in [0.2, 0.25) is 5.15 Å². The van der Waals surface area contributed by atoms with Crippen LogP contribution in [0.15, 0.2) is 18.5 Å². The smallest absolute Gasteiger partial charge is 0.155 e. The monoisotopic (exact) mass is 372 g/mol. The fourth-order valence-electron chi connectivity index (χ4n) is 3.97. The van der Waals surface area contributed by atoms with Gasteiger partial charge in [-0.25, -0.2) is 9.50 Å². The Balaban J connectivity index is 1.78. The van der Waals surface area contributed by atoms with E-state index in [-0.39, 0.29) is 6.04 Å². The minimum Gasteiger partial charge on any atom is -0.348 e. The zero-order valence-corrected chi connectivity index (χ0v) is 16.5. The van der Waals surface area contributed by atoms with Gasteiger partial charge in [0.15, 0.2) is 5.82 Å². The van der Waals surface area contributed by atoms with Crippen LogP contribution in [0.5, 0.6) is 0 Å². The number of hydrogen-bond donors (Lipinski definition) is 0. The molecule has 1 atom stereocenters. The lowest BCUT2D eigenvalue weighted by Gasteiger charge is -2.27. The van der Waals surface area contributed by atoms with E-state index in [0.29, 0.717) is 5.92 Å². The summed E-state index contributed by atoms with van der Waals surface area (Å²) in [6.45, 7) is 10.2.